The van der Waals surface area contributed by atoms with Gasteiger partial charge in [-0.25, -0.2) is 0 Å². The topological polar surface area (TPSA) is 24.5 Å². The molecule has 0 aliphatic rings. The fourth-order valence-corrected chi connectivity index (χ4v) is 1.93. The number of ether oxygens (including phenoxy) is 1. The molecule has 0 radical (unpaired) electrons. The predicted molar refractivity (Wildman–Crippen MR) is 80.2 cm³/mol. The minimum absolute atomic E-state index is 0.260. The predicted octanol–water partition coefficient (Wildman–Crippen LogP) is 2.90. The Morgan fingerprint density at radius 3 is 2.28 bits per heavy atom. The summed E-state index contributed by atoms with van der Waals surface area (Å²) in [4.78, 5) is 2.36. The molecule has 0 rings (SSSR count). The summed E-state index contributed by atoms with van der Waals surface area (Å²) in [7, 11) is 3.96. The van der Waals surface area contributed by atoms with E-state index in [1.54, 1.807) is 7.11 Å². The lowest BCUT2D eigenvalue weighted by Crippen LogP contribution is -2.36. The number of methoxy groups -OCH3 is 1. The molecule has 1 N–H and O–H groups in total. The zero-order valence-corrected chi connectivity index (χ0v) is 13.4. The van der Waals surface area contributed by atoms with Gasteiger partial charge in [0.05, 0.1) is 6.10 Å². The van der Waals surface area contributed by atoms with Crippen LogP contribution in [0.1, 0.15) is 53.4 Å². The Hall–Kier alpha value is -0.120. The molecule has 0 saturated heterocycles. The molecule has 110 valence electrons. The maximum Gasteiger partial charge on any atom is 0.0669 e. The highest BCUT2D eigenvalue weighted by atomic mass is 16.5. The zero-order chi connectivity index (χ0) is 14.0. The third kappa shape index (κ3) is 12.3. The summed E-state index contributed by atoms with van der Waals surface area (Å²) in [6, 6.07) is 0. The highest BCUT2D eigenvalue weighted by molar-refractivity contribution is 4.69. The van der Waals surface area contributed by atoms with Crippen LogP contribution in [0.2, 0.25) is 0 Å². The van der Waals surface area contributed by atoms with Crippen LogP contribution in [0.3, 0.4) is 0 Å². The van der Waals surface area contributed by atoms with E-state index in [9.17, 15) is 0 Å². The van der Waals surface area contributed by atoms with Crippen molar-refractivity contribution in [3.8, 4) is 0 Å². The number of hydrogen-bond donors (Lipinski definition) is 1. The molecule has 18 heavy (non-hydrogen) atoms. The van der Waals surface area contributed by atoms with Crippen LogP contribution in [0, 0.1) is 0 Å². The van der Waals surface area contributed by atoms with Gasteiger partial charge in [0.25, 0.3) is 0 Å². The number of nitrogens with one attached hydrogen (secondary N) is 1. The second kappa shape index (κ2) is 9.76. The summed E-state index contributed by atoms with van der Waals surface area (Å²) in [5.74, 6) is 0. The first-order valence-electron chi connectivity index (χ1n) is 7.31. The minimum atomic E-state index is 0.260. The molecular weight excluding hydrogens is 224 g/mol. The van der Waals surface area contributed by atoms with Crippen LogP contribution in [-0.2, 0) is 4.74 Å². The summed E-state index contributed by atoms with van der Waals surface area (Å²) in [5.41, 5.74) is 0.260. The van der Waals surface area contributed by atoms with E-state index in [0.717, 1.165) is 13.1 Å². The van der Waals surface area contributed by atoms with Crippen molar-refractivity contribution in [2.24, 2.45) is 0 Å². The lowest BCUT2D eigenvalue weighted by molar-refractivity contribution is 0.0852. The van der Waals surface area contributed by atoms with Crippen LogP contribution in [0.25, 0.3) is 0 Å². The van der Waals surface area contributed by atoms with E-state index in [2.05, 4.69) is 45.0 Å². The van der Waals surface area contributed by atoms with Gasteiger partial charge in [-0.2, -0.15) is 0 Å². The van der Waals surface area contributed by atoms with Gasteiger partial charge in [-0.1, -0.05) is 12.8 Å². The molecule has 0 fully saturated rings. The number of nitrogens with zero attached hydrogens (tertiary/aromatic N) is 1. The zero-order valence-electron chi connectivity index (χ0n) is 13.4. The van der Waals surface area contributed by atoms with Crippen LogP contribution in [0.15, 0.2) is 0 Å². The third-order valence-corrected chi connectivity index (χ3v) is 3.09. The van der Waals surface area contributed by atoms with Crippen LogP contribution in [0.4, 0.5) is 0 Å². The molecule has 0 aromatic carbocycles. The molecule has 0 heterocycles. The maximum atomic E-state index is 5.26. The minimum Gasteiger partial charge on any atom is -0.380 e. The molecule has 0 aromatic heterocycles. The SMILES string of the molecule is COC(C)CN(C)CCCCCCNC(C)(C)C. The van der Waals surface area contributed by atoms with E-state index in [0.29, 0.717) is 6.10 Å². The Kier molecular flexibility index (Phi) is 9.70. The van der Waals surface area contributed by atoms with Crippen molar-refractivity contribution in [1.82, 2.24) is 10.2 Å². The quantitative estimate of drug-likeness (QED) is 0.610. The number of hydrogen-bond acceptors (Lipinski definition) is 3. The number of unbranched alkanes of at least 4 members (excludes halogenated alkanes) is 3. The van der Waals surface area contributed by atoms with Crippen molar-refractivity contribution in [2.45, 2.75) is 65.0 Å². The normalized spacial score (nSPS) is 14.2. The highest BCUT2D eigenvalue weighted by Gasteiger charge is 2.07. The molecule has 3 heteroatoms. The fraction of sp³-hybridized carbons (Fsp3) is 1.00. The second-order valence-corrected chi connectivity index (χ2v) is 6.40. The lowest BCUT2D eigenvalue weighted by Gasteiger charge is -2.21. The largest absolute Gasteiger partial charge is 0.380 e. The van der Waals surface area contributed by atoms with Crippen molar-refractivity contribution >= 4 is 0 Å². The summed E-state index contributed by atoms with van der Waals surface area (Å²) in [5, 5.41) is 3.53. The first-order valence-corrected chi connectivity index (χ1v) is 7.31. The van der Waals surface area contributed by atoms with Gasteiger partial charge >= 0.3 is 0 Å². The molecule has 0 aliphatic heterocycles. The molecule has 0 amide bonds. The molecule has 1 unspecified atom stereocenters. The number of likely N-dealkylation sites (N-methyl/N-ethyl adjacent to an activating group) is 1. The van der Waals surface area contributed by atoms with Gasteiger partial charge in [0, 0.05) is 19.2 Å². The van der Waals surface area contributed by atoms with E-state index >= 15 is 0 Å². The third-order valence-electron chi connectivity index (χ3n) is 3.09. The van der Waals surface area contributed by atoms with E-state index in [1.807, 2.05) is 0 Å². The van der Waals surface area contributed by atoms with Crippen molar-refractivity contribution in [3.63, 3.8) is 0 Å². The average Bonchev–Trinajstić information content (AvgIpc) is 2.26. The van der Waals surface area contributed by atoms with Gasteiger partial charge in [-0.15, -0.1) is 0 Å². The second-order valence-electron chi connectivity index (χ2n) is 6.40. The number of rotatable bonds is 10. The Balaban J connectivity index is 3.30. The van der Waals surface area contributed by atoms with Crippen LogP contribution in [-0.4, -0.2) is 50.3 Å². The fourth-order valence-electron chi connectivity index (χ4n) is 1.93. The van der Waals surface area contributed by atoms with E-state index in [1.165, 1.54) is 32.2 Å². The van der Waals surface area contributed by atoms with Crippen molar-refractivity contribution in [2.75, 3.05) is 33.8 Å². The van der Waals surface area contributed by atoms with Crippen LogP contribution in [0.5, 0.6) is 0 Å². The van der Waals surface area contributed by atoms with Crippen molar-refractivity contribution < 1.29 is 4.74 Å². The summed E-state index contributed by atoms with van der Waals surface area (Å²) >= 11 is 0. The molecule has 0 saturated carbocycles. The van der Waals surface area contributed by atoms with E-state index < -0.39 is 0 Å². The van der Waals surface area contributed by atoms with E-state index in [-0.39, 0.29) is 5.54 Å². The van der Waals surface area contributed by atoms with Crippen molar-refractivity contribution in [3.05, 3.63) is 0 Å². The van der Waals surface area contributed by atoms with Gasteiger partial charge in [-0.05, 0) is 60.7 Å². The Labute approximate surface area is 114 Å². The smallest absolute Gasteiger partial charge is 0.0669 e. The molecule has 1 atom stereocenters. The first kappa shape index (κ1) is 17.9. The Morgan fingerprint density at radius 2 is 1.72 bits per heavy atom. The van der Waals surface area contributed by atoms with Gasteiger partial charge in [0.15, 0.2) is 0 Å². The summed E-state index contributed by atoms with van der Waals surface area (Å²) in [6.07, 6.45) is 5.58. The van der Waals surface area contributed by atoms with Crippen LogP contribution < -0.4 is 5.32 Å². The summed E-state index contributed by atoms with van der Waals surface area (Å²) < 4.78 is 5.26. The maximum absolute atomic E-state index is 5.26. The van der Waals surface area contributed by atoms with Gasteiger partial charge in [0.1, 0.15) is 0 Å². The van der Waals surface area contributed by atoms with Crippen LogP contribution >= 0.6 is 0 Å². The Morgan fingerprint density at radius 1 is 1.11 bits per heavy atom. The monoisotopic (exact) mass is 258 g/mol. The Bertz CT molecular complexity index is 189. The van der Waals surface area contributed by atoms with E-state index in [4.69, 9.17) is 4.74 Å². The standard InChI is InChI=1S/C15H34N2O/c1-14(18-6)13-17(5)12-10-8-7-9-11-16-15(2,3)4/h14,16H,7-13H2,1-6H3. The van der Waals surface area contributed by atoms with Gasteiger partial charge in [-0.3, -0.25) is 0 Å². The lowest BCUT2D eigenvalue weighted by atomic mass is 10.1. The molecule has 0 spiro atoms. The first-order chi connectivity index (χ1) is 8.35. The molecule has 0 aromatic rings. The molecular formula is C15H34N2O. The summed E-state index contributed by atoms with van der Waals surface area (Å²) in [6.45, 7) is 12.1. The van der Waals surface area contributed by atoms with Gasteiger partial charge < -0.3 is 15.0 Å². The molecule has 0 bridgehead atoms. The molecule has 3 nitrogen and oxygen atoms in total. The van der Waals surface area contributed by atoms with Crippen molar-refractivity contribution in [1.29, 1.82) is 0 Å². The average molecular weight is 258 g/mol. The highest BCUT2D eigenvalue weighted by Crippen LogP contribution is 2.04. The molecule has 0 aliphatic carbocycles. The van der Waals surface area contributed by atoms with Gasteiger partial charge in [0.2, 0.25) is 0 Å².